The Kier molecular flexibility index (Phi) is 4.63. The molecule has 0 radical (unpaired) electrons. The molecule has 4 nitrogen and oxygen atoms in total. The van der Waals surface area contributed by atoms with E-state index in [-0.39, 0.29) is 11.9 Å². The van der Waals surface area contributed by atoms with Crippen molar-refractivity contribution < 1.29 is 4.79 Å². The van der Waals surface area contributed by atoms with Crippen molar-refractivity contribution >= 4 is 17.2 Å². The van der Waals surface area contributed by atoms with Gasteiger partial charge in [-0.3, -0.25) is 4.79 Å². The van der Waals surface area contributed by atoms with Gasteiger partial charge in [0.25, 0.3) is 5.91 Å². The number of carbonyl (C=O) groups excluding carboxylic acids is 1. The second kappa shape index (κ2) is 6.80. The average molecular weight is 370 g/mol. The molecule has 138 valence electrons. The van der Waals surface area contributed by atoms with Gasteiger partial charge in [0.05, 0.1) is 4.88 Å². The first-order chi connectivity index (χ1) is 12.4. The molecule has 5 heteroatoms. The quantitative estimate of drug-likeness (QED) is 0.902. The standard InChI is InChI=1S/C21H27N3OS/c1-13-10-19(26-20(13)21(25)24-9-8-16(22)12-24)15-4-6-17-14(11-15)5-7-18(17)23(2)3/h4,6,10-11,16,18H,5,7-9,12,22H2,1-3H3/t16-,18?/m0/s1. The minimum Gasteiger partial charge on any atom is -0.336 e. The summed E-state index contributed by atoms with van der Waals surface area (Å²) in [5.41, 5.74) is 11.2. The molecule has 1 aliphatic carbocycles. The lowest BCUT2D eigenvalue weighted by molar-refractivity contribution is 0.0795. The molecule has 0 saturated carbocycles. The summed E-state index contributed by atoms with van der Waals surface area (Å²) in [6, 6.07) is 9.63. The molecule has 1 saturated heterocycles. The molecule has 1 unspecified atom stereocenters. The van der Waals surface area contributed by atoms with Gasteiger partial charge in [-0.2, -0.15) is 0 Å². The zero-order valence-electron chi connectivity index (χ0n) is 15.8. The minimum absolute atomic E-state index is 0.125. The van der Waals surface area contributed by atoms with Crippen LogP contribution in [0.3, 0.4) is 0 Å². The predicted molar refractivity (Wildman–Crippen MR) is 108 cm³/mol. The fourth-order valence-electron chi connectivity index (χ4n) is 4.24. The molecule has 1 aromatic heterocycles. The van der Waals surface area contributed by atoms with Gasteiger partial charge in [-0.1, -0.05) is 18.2 Å². The van der Waals surface area contributed by atoms with Gasteiger partial charge in [-0.15, -0.1) is 11.3 Å². The third-order valence-corrected chi connectivity index (χ3v) is 7.00. The minimum atomic E-state index is 0.125. The molecule has 1 aliphatic heterocycles. The second-order valence-corrected chi connectivity index (χ2v) is 8.91. The Labute approximate surface area is 159 Å². The van der Waals surface area contributed by atoms with Gasteiger partial charge in [0.15, 0.2) is 0 Å². The molecule has 2 aliphatic rings. The van der Waals surface area contributed by atoms with E-state index in [0.29, 0.717) is 12.6 Å². The molecule has 0 spiro atoms. The first-order valence-electron chi connectivity index (χ1n) is 9.39. The lowest BCUT2D eigenvalue weighted by Gasteiger charge is -2.20. The predicted octanol–water partition coefficient (Wildman–Crippen LogP) is 3.45. The largest absolute Gasteiger partial charge is 0.336 e. The molecule has 2 atom stereocenters. The maximum Gasteiger partial charge on any atom is 0.264 e. The summed E-state index contributed by atoms with van der Waals surface area (Å²) in [4.78, 5) is 19.1. The van der Waals surface area contributed by atoms with Gasteiger partial charge in [0.2, 0.25) is 0 Å². The number of fused-ring (bicyclic) bond motifs is 1. The number of rotatable bonds is 3. The van der Waals surface area contributed by atoms with Gasteiger partial charge >= 0.3 is 0 Å². The van der Waals surface area contributed by atoms with E-state index in [1.807, 2.05) is 11.8 Å². The Morgan fingerprint density at radius 2 is 2.08 bits per heavy atom. The molecule has 1 fully saturated rings. The van der Waals surface area contributed by atoms with Crippen LogP contribution >= 0.6 is 11.3 Å². The number of nitrogens with zero attached hydrogens (tertiary/aromatic N) is 2. The number of aryl methyl sites for hydroxylation is 2. The molecule has 2 N–H and O–H groups in total. The van der Waals surface area contributed by atoms with E-state index in [1.165, 1.54) is 28.0 Å². The molecule has 1 aromatic carbocycles. The van der Waals surface area contributed by atoms with Crippen LogP contribution in [0.1, 0.15) is 45.2 Å². The average Bonchev–Trinajstić information content (AvgIpc) is 3.31. The van der Waals surface area contributed by atoms with Crippen LogP contribution in [0.2, 0.25) is 0 Å². The Morgan fingerprint density at radius 1 is 1.27 bits per heavy atom. The maximum absolute atomic E-state index is 12.8. The van der Waals surface area contributed by atoms with E-state index < -0.39 is 0 Å². The SMILES string of the molecule is Cc1cc(-c2ccc3c(c2)CCC3N(C)C)sc1C(=O)N1CC[C@H](N)C1. The molecule has 26 heavy (non-hydrogen) atoms. The summed E-state index contributed by atoms with van der Waals surface area (Å²) >= 11 is 1.62. The van der Waals surface area contributed by atoms with Crippen molar-refractivity contribution in [3.05, 3.63) is 45.8 Å². The Balaban J connectivity index is 1.61. The lowest BCUT2D eigenvalue weighted by Crippen LogP contribution is -2.31. The first kappa shape index (κ1) is 17.7. The Hall–Kier alpha value is -1.69. The van der Waals surface area contributed by atoms with E-state index >= 15 is 0 Å². The van der Waals surface area contributed by atoms with Crippen molar-refractivity contribution in [1.29, 1.82) is 0 Å². The van der Waals surface area contributed by atoms with Gasteiger partial charge in [-0.05, 0) is 68.6 Å². The van der Waals surface area contributed by atoms with Crippen molar-refractivity contribution in [2.45, 2.75) is 38.3 Å². The van der Waals surface area contributed by atoms with E-state index in [4.69, 9.17) is 5.73 Å². The van der Waals surface area contributed by atoms with Crippen LogP contribution in [0, 0.1) is 6.92 Å². The third kappa shape index (κ3) is 3.08. The van der Waals surface area contributed by atoms with Crippen molar-refractivity contribution in [2.24, 2.45) is 5.73 Å². The summed E-state index contributed by atoms with van der Waals surface area (Å²) in [7, 11) is 4.30. The molecular weight excluding hydrogens is 342 g/mol. The number of amides is 1. The van der Waals surface area contributed by atoms with Crippen molar-refractivity contribution in [2.75, 3.05) is 27.2 Å². The van der Waals surface area contributed by atoms with Gasteiger partial charge in [-0.25, -0.2) is 0 Å². The molecule has 4 rings (SSSR count). The topological polar surface area (TPSA) is 49.6 Å². The highest BCUT2D eigenvalue weighted by Crippen LogP contribution is 2.39. The van der Waals surface area contributed by atoms with Crippen molar-refractivity contribution in [1.82, 2.24) is 9.80 Å². The molecule has 1 amide bonds. The molecular formula is C21H27N3OS. The Morgan fingerprint density at radius 3 is 2.77 bits per heavy atom. The molecule has 0 bridgehead atoms. The van der Waals surface area contributed by atoms with Crippen LogP contribution in [0.15, 0.2) is 24.3 Å². The fourth-order valence-corrected chi connectivity index (χ4v) is 5.37. The summed E-state index contributed by atoms with van der Waals surface area (Å²) in [5, 5.41) is 0. The van der Waals surface area contributed by atoms with E-state index in [0.717, 1.165) is 29.8 Å². The second-order valence-electron chi connectivity index (χ2n) is 7.85. The zero-order valence-corrected chi connectivity index (χ0v) is 16.6. The summed E-state index contributed by atoms with van der Waals surface area (Å²) < 4.78 is 0. The highest BCUT2D eigenvalue weighted by Gasteiger charge is 2.28. The maximum atomic E-state index is 12.8. The fraction of sp³-hybridized carbons (Fsp3) is 0.476. The summed E-state index contributed by atoms with van der Waals surface area (Å²) in [6.45, 7) is 3.49. The van der Waals surface area contributed by atoms with Crippen LogP contribution in [0.25, 0.3) is 10.4 Å². The number of thiophene rings is 1. The zero-order chi connectivity index (χ0) is 18.4. The van der Waals surface area contributed by atoms with Crippen molar-refractivity contribution in [3.8, 4) is 10.4 Å². The molecule has 2 aromatic rings. The van der Waals surface area contributed by atoms with Gasteiger partial charge in [0, 0.05) is 30.1 Å². The number of hydrogen-bond acceptors (Lipinski definition) is 4. The Bertz CT molecular complexity index is 842. The lowest BCUT2D eigenvalue weighted by atomic mass is 10.0. The van der Waals surface area contributed by atoms with E-state index in [9.17, 15) is 4.79 Å². The number of carbonyl (C=O) groups is 1. The van der Waals surface area contributed by atoms with Crippen LogP contribution in [-0.4, -0.2) is 48.9 Å². The van der Waals surface area contributed by atoms with Gasteiger partial charge < -0.3 is 15.5 Å². The smallest absolute Gasteiger partial charge is 0.264 e. The highest BCUT2D eigenvalue weighted by molar-refractivity contribution is 7.17. The number of nitrogens with two attached hydrogens (primary N) is 1. The normalized spacial score (nSPS) is 22.3. The van der Waals surface area contributed by atoms with E-state index in [1.54, 1.807) is 11.3 Å². The number of benzene rings is 1. The van der Waals surface area contributed by atoms with E-state index in [2.05, 4.69) is 43.3 Å². The highest BCUT2D eigenvalue weighted by atomic mass is 32.1. The third-order valence-electron chi connectivity index (χ3n) is 5.72. The summed E-state index contributed by atoms with van der Waals surface area (Å²) in [6.07, 6.45) is 3.23. The first-order valence-corrected chi connectivity index (χ1v) is 10.2. The number of likely N-dealkylation sites (tertiary alicyclic amines) is 1. The monoisotopic (exact) mass is 369 g/mol. The van der Waals surface area contributed by atoms with Crippen LogP contribution in [-0.2, 0) is 6.42 Å². The van der Waals surface area contributed by atoms with Gasteiger partial charge in [0.1, 0.15) is 0 Å². The van der Waals surface area contributed by atoms with Crippen molar-refractivity contribution in [3.63, 3.8) is 0 Å². The molecule has 2 heterocycles. The van der Waals surface area contributed by atoms with Crippen LogP contribution < -0.4 is 5.73 Å². The summed E-state index contributed by atoms with van der Waals surface area (Å²) in [5.74, 6) is 0.139. The number of hydrogen-bond donors (Lipinski definition) is 1. The van der Waals surface area contributed by atoms with Crippen LogP contribution in [0.4, 0.5) is 0 Å². The van der Waals surface area contributed by atoms with Crippen LogP contribution in [0.5, 0.6) is 0 Å².